The van der Waals surface area contributed by atoms with E-state index in [0.717, 1.165) is 63.8 Å². The summed E-state index contributed by atoms with van der Waals surface area (Å²) in [5, 5.41) is 9.34. The Morgan fingerprint density at radius 3 is 1.50 bits per heavy atom. The van der Waals surface area contributed by atoms with Crippen molar-refractivity contribution in [2.45, 2.75) is 239 Å². The summed E-state index contributed by atoms with van der Waals surface area (Å²) < 4.78 is 11.6. The molecule has 1 unspecified atom stereocenters. The van der Waals surface area contributed by atoms with Crippen LogP contribution in [-0.4, -0.2) is 61.9 Å². The summed E-state index contributed by atoms with van der Waals surface area (Å²) in [5.74, 6) is 0.930. The van der Waals surface area contributed by atoms with Crippen LogP contribution in [0.3, 0.4) is 0 Å². The molecule has 5 heteroatoms. The highest BCUT2D eigenvalue weighted by atomic mass is 16.5. The average Bonchev–Trinajstić information content (AvgIpc) is 3.11. The maximum absolute atomic E-state index is 10.3. The van der Waals surface area contributed by atoms with Crippen LogP contribution in [0.5, 0.6) is 0 Å². The molecule has 0 rings (SSSR count). The lowest BCUT2D eigenvalue weighted by Gasteiger charge is -2.24. The maximum atomic E-state index is 10.3. The molecule has 50 heavy (non-hydrogen) atoms. The van der Waals surface area contributed by atoms with E-state index < -0.39 is 0 Å². The van der Waals surface area contributed by atoms with Gasteiger partial charge in [0.1, 0.15) is 6.29 Å². The lowest BCUT2D eigenvalue weighted by molar-refractivity contribution is -0.107. The van der Waals surface area contributed by atoms with Gasteiger partial charge in [-0.3, -0.25) is 0 Å². The van der Waals surface area contributed by atoms with E-state index in [-0.39, 0.29) is 12.7 Å². The molecule has 0 fully saturated rings. The topological polar surface area (TPSA) is 59.0 Å². The summed E-state index contributed by atoms with van der Waals surface area (Å²) in [6.07, 6.45) is 41.4. The van der Waals surface area contributed by atoms with Crippen LogP contribution in [0.25, 0.3) is 0 Å². The molecule has 1 N–H and O–H groups in total. The van der Waals surface area contributed by atoms with E-state index in [1.807, 2.05) is 7.11 Å². The van der Waals surface area contributed by atoms with E-state index >= 15 is 0 Å². The van der Waals surface area contributed by atoms with Gasteiger partial charge < -0.3 is 24.3 Å². The molecule has 0 saturated heterocycles. The van der Waals surface area contributed by atoms with Gasteiger partial charge >= 0.3 is 0 Å². The molecule has 300 valence electrons. The second-order valence-electron chi connectivity index (χ2n) is 15.1. The first-order valence-electron chi connectivity index (χ1n) is 22.1. The first kappa shape index (κ1) is 51.2. The number of ether oxygens (including phenoxy) is 2. The molecule has 1 atom stereocenters. The van der Waals surface area contributed by atoms with Gasteiger partial charge in [-0.05, 0) is 52.0 Å². The SMILES string of the molecule is C=C(CCCCCCCCCCC)OC(C)CCN(CCO)CCCCCCCC=O.CCCCCCCCC(CCCCCCCC)OC. The highest BCUT2D eigenvalue weighted by molar-refractivity contribution is 5.48. The highest BCUT2D eigenvalue weighted by Crippen LogP contribution is 2.17. The lowest BCUT2D eigenvalue weighted by Crippen LogP contribution is -2.31. The molecule has 0 aromatic carbocycles. The molecule has 0 amide bonds. The Hall–Kier alpha value is -0.910. The highest BCUT2D eigenvalue weighted by Gasteiger charge is 2.10. The summed E-state index contributed by atoms with van der Waals surface area (Å²) >= 11 is 0. The third-order valence-electron chi connectivity index (χ3n) is 10.1. The summed E-state index contributed by atoms with van der Waals surface area (Å²) in [4.78, 5) is 12.7. The Morgan fingerprint density at radius 2 is 1.04 bits per heavy atom. The van der Waals surface area contributed by atoms with Crippen LogP contribution in [-0.2, 0) is 14.3 Å². The van der Waals surface area contributed by atoms with Gasteiger partial charge in [0.05, 0.1) is 24.6 Å². The van der Waals surface area contributed by atoms with Gasteiger partial charge in [0.25, 0.3) is 0 Å². The molecule has 0 aliphatic carbocycles. The van der Waals surface area contributed by atoms with Crippen molar-refractivity contribution in [3.8, 4) is 0 Å². The van der Waals surface area contributed by atoms with Crippen molar-refractivity contribution >= 4 is 6.29 Å². The second kappa shape index (κ2) is 44.3. The van der Waals surface area contributed by atoms with Crippen LogP contribution in [0.15, 0.2) is 12.3 Å². The van der Waals surface area contributed by atoms with E-state index in [1.165, 1.54) is 161 Å². The Morgan fingerprint density at radius 1 is 0.600 bits per heavy atom. The molecular formula is C45H91NO4. The van der Waals surface area contributed by atoms with Crippen molar-refractivity contribution < 1.29 is 19.4 Å². The fraction of sp³-hybridized carbons (Fsp3) is 0.933. The molecule has 0 aliphatic heterocycles. The lowest BCUT2D eigenvalue weighted by atomic mass is 10.0. The number of hydrogen-bond acceptors (Lipinski definition) is 5. The maximum Gasteiger partial charge on any atom is 0.119 e. The van der Waals surface area contributed by atoms with Crippen LogP contribution < -0.4 is 0 Å². The number of rotatable bonds is 40. The van der Waals surface area contributed by atoms with E-state index in [0.29, 0.717) is 12.5 Å². The predicted octanol–water partition coefficient (Wildman–Crippen LogP) is 13.6. The summed E-state index contributed by atoms with van der Waals surface area (Å²) in [6, 6.07) is 0. The van der Waals surface area contributed by atoms with Crippen molar-refractivity contribution in [2.75, 3.05) is 33.4 Å². The van der Waals surface area contributed by atoms with Crippen LogP contribution in [0.4, 0.5) is 0 Å². The number of aliphatic hydroxyl groups excluding tert-OH is 1. The van der Waals surface area contributed by atoms with Crippen LogP contribution in [0.2, 0.25) is 0 Å². The minimum Gasteiger partial charge on any atom is -0.496 e. The van der Waals surface area contributed by atoms with E-state index in [9.17, 15) is 9.90 Å². The fourth-order valence-electron chi connectivity index (χ4n) is 6.65. The smallest absolute Gasteiger partial charge is 0.119 e. The number of carbonyl (C=O) groups excluding carboxylic acids is 1. The molecule has 0 aromatic rings. The molecule has 0 aromatic heterocycles. The van der Waals surface area contributed by atoms with Crippen molar-refractivity contribution in [3.05, 3.63) is 12.3 Å². The Bertz CT molecular complexity index is 641. The van der Waals surface area contributed by atoms with Gasteiger partial charge in [-0.15, -0.1) is 0 Å². The zero-order valence-electron chi connectivity index (χ0n) is 34.8. The molecule has 0 radical (unpaired) electrons. The van der Waals surface area contributed by atoms with Crippen molar-refractivity contribution in [1.82, 2.24) is 4.90 Å². The number of allylic oxidation sites excluding steroid dienone is 1. The number of nitrogens with zero attached hydrogens (tertiary/aromatic N) is 1. The standard InChI is InChI=1S/C27H53NO3.C18H38O/c1-4-5-6-7-8-9-10-13-16-19-26(2)31-27(3)20-22-28(23-25-30)21-17-14-11-12-15-18-24-29;1-4-6-8-10-12-14-16-18(19-3)17-15-13-11-9-7-5-2/h24,27,30H,2,4-23,25H2,1,3H3;18H,4-17H2,1-3H3. The van der Waals surface area contributed by atoms with Crippen LogP contribution in [0, 0.1) is 0 Å². The number of unbranched alkanes of at least 4 members (excludes halogenated alkanes) is 23. The van der Waals surface area contributed by atoms with Gasteiger partial charge in [0.2, 0.25) is 0 Å². The third kappa shape index (κ3) is 41.5. The Labute approximate surface area is 314 Å². The van der Waals surface area contributed by atoms with E-state index in [2.05, 4.69) is 39.2 Å². The molecule has 0 saturated carbocycles. The number of hydrogen-bond donors (Lipinski definition) is 1. The first-order chi connectivity index (χ1) is 24.5. The first-order valence-corrected chi connectivity index (χ1v) is 22.1. The van der Waals surface area contributed by atoms with E-state index in [1.54, 1.807) is 0 Å². The molecule has 0 heterocycles. The van der Waals surface area contributed by atoms with E-state index in [4.69, 9.17) is 9.47 Å². The molecule has 0 bridgehead atoms. The minimum absolute atomic E-state index is 0.176. The Balaban J connectivity index is 0. The monoisotopic (exact) mass is 710 g/mol. The number of carbonyl (C=O) groups is 1. The molecule has 5 nitrogen and oxygen atoms in total. The van der Waals surface area contributed by atoms with Gasteiger partial charge in [-0.25, -0.2) is 0 Å². The molecule has 0 spiro atoms. The minimum atomic E-state index is 0.176. The van der Waals surface area contributed by atoms with Crippen LogP contribution in [0.1, 0.15) is 227 Å². The fourth-order valence-corrected chi connectivity index (χ4v) is 6.65. The zero-order chi connectivity index (χ0) is 37.2. The summed E-state index contributed by atoms with van der Waals surface area (Å²) in [5.41, 5.74) is 0. The molecule has 0 aliphatic rings. The molecular weight excluding hydrogens is 618 g/mol. The predicted molar refractivity (Wildman–Crippen MR) is 220 cm³/mol. The second-order valence-corrected chi connectivity index (χ2v) is 15.1. The number of aliphatic hydroxyl groups is 1. The Kier molecular flexibility index (Phi) is 45.3. The zero-order valence-corrected chi connectivity index (χ0v) is 34.8. The van der Waals surface area contributed by atoms with Gasteiger partial charge in [-0.1, -0.05) is 175 Å². The largest absolute Gasteiger partial charge is 0.496 e. The van der Waals surface area contributed by atoms with Gasteiger partial charge in [0, 0.05) is 33.0 Å². The summed E-state index contributed by atoms with van der Waals surface area (Å²) in [6.45, 7) is 16.0. The normalized spacial score (nSPS) is 11.9. The van der Waals surface area contributed by atoms with Crippen molar-refractivity contribution in [2.24, 2.45) is 0 Å². The quantitative estimate of drug-likeness (QED) is 0.0390. The number of aldehydes is 1. The third-order valence-corrected chi connectivity index (χ3v) is 10.1. The number of methoxy groups -OCH3 is 1. The van der Waals surface area contributed by atoms with Crippen LogP contribution >= 0.6 is 0 Å². The van der Waals surface area contributed by atoms with Gasteiger partial charge in [0.15, 0.2) is 0 Å². The van der Waals surface area contributed by atoms with Crippen molar-refractivity contribution in [1.29, 1.82) is 0 Å². The average molecular weight is 710 g/mol. The van der Waals surface area contributed by atoms with Gasteiger partial charge in [-0.2, -0.15) is 0 Å². The summed E-state index contributed by atoms with van der Waals surface area (Å²) in [7, 11) is 1.89. The van der Waals surface area contributed by atoms with Crippen molar-refractivity contribution in [3.63, 3.8) is 0 Å².